The van der Waals surface area contributed by atoms with Crippen molar-refractivity contribution in [2.45, 2.75) is 0 Å². The van der Waals surface area contributed by atoms with Gasteiger partial charge in [-0.25, -0.2) is 0 Å². The molecule has 4 aromatic rings. The fourth-order valence-corrected chi connectivity index (χ4v) is 4.46. The number of ketones is 1. The van der Waals surface area contributed by atoms with Gasteiger partial charge in [-0.15, -0.1) is 0 Å². The largest absolute Gasteiger partial charge is 0.497 e. The summed E-state index contributed by atoms with van der Waals surface area (Å²) in [5, 5.41) is 0. The van der Waals surface area contributed by atoms with Gasteiger partial charge in [0.15, 0.2) is 5.78 Å². The Labute approximate surface area is 211 Å². The van der Waals surface area contributed by atoms with E-state index >= 15 is 0 Å². The normalized spacial score (nSPS) is 13.6. The van der Waals surface area contributed by atoms with Crippen LogP contribution in [0.25, 0.3) is 16.7 Å². The molecule has 0 fully saturated rings. The first-order valence-electron chi connectivity index (χ1n) is 11.8. The summed E-state index contributed by atoms with van der Waals surface area (Å²) in [6, 6.07) is 34.2. The number of carbonyl (C=O) groups excluding carboxylic acids is 1. The average molecular weight is 471 g/mol. The van der Waals surface area contributed by atoms with E-state index < -0.39 is 0 Å². The Morgan fingerprint density at radius 1 is 0.583 bits per heavy atom. The quantitative estimate of drug-likeness (QED) is 0.293. The minimum atomic E-state index is 0.0243. The molecule has 176 valence electrons. The molecule has 0 bridgehead atoms. The van der Waals surface area contributed by atoms with Crippen LogP contribution in [0.15, 0.2) is 121 Å². The predicted octanol–water partition coefficient (Wildman–Crippen LogP) is 7.50. The van der Waals surface area contributed by atoms with Crippen molar-refractivity contribution in [1.29, 1.82) is 0 Å². The third-order valence-electron chi connectivity index (χ3n) is 6.35. The Morgan fingerprint density at radius 2 is 1.11 bits per heavy atom. The first-order chi connectivity index (χ1) is 17.7. The number of allylic oxidation sites excluding steroid dienone is 5. The number of hydrogen-bond donors (Lipinski definition) is 0. The molecule has 0 atom stereocenters. The Morgan fingerprint density at radius 3 is 1.67 bits per heavy atom. The van der Waals surface area contributed by atoms with Crippen LogP contribution >= 0.6 is 0 Å². The van der Waals surface area contributed by atoms with Crippen molar-refractivity contribution < 1.29 is 14.3 Å². The molecule has 0 radical (unpaired) electrons. The van der Waals surface area contributed by atoms with Crippen LogP contribution in [0.5, 0.6) is 11.5 Å². The summed E-state index contributed by atoms with van der Waals surface area (Å²) >= 11 is 0. The highest BCUT2D eigenvalue weighted by atomic mass is 16.5. The zero-order valence-electron chi connectivity index (χ0n) is 20.3. The first-order valence-corrected chi connectivity index (χ1v) is 11.8. The number of fused-ring (bicyclic) bond motifs is 1. The molecule has 0 amide bonds. The van der Waals surface area contributed by atoms with Gasteiger partial charge in [0.25, 0.3) is 0 Å². The fourth-order valence-electron chi connectivity index (χ4n) is 4.46. The van der Waals surface area contributed by atoms with Crippen LogP contribution in [-0.4, -0.2) is 20.0 Å². The molecule has 4 aromatic carbocycles. The molecule has 5 rings (SSSR count). The molecule has 0 saturated heterocycles. The summed E-state index contributed by atoms with van der Waals surface area (Å²) in [5.41, 5.74) is 7.93. The molecule has 3 heteroatoms. The predicted molar refractivity (Wildman–Crippen MR) is 146 cm³/mol. The molecule has 0 aliphatic heterocycles. The summed E-state index contributed by atoms with van der Waals surface area (Å²) in [5.74, 6) is 1.63. The monoisotopic (exact) mass is 470 g/mol. The van der Waals surface area contributed by atoms with Crippen LogP contribution in [-0.2, 0) is 0 Å². The van der Waals surface area contributed by atoms with Crippen molar-refractivity contribution in [3.05, 3.63) is 149 Å². The summed E-state index contributed by atoms with van der Waals surface area (Å²) in [4.78, 5) is 12.6. The highest BCUT2D eigenvalue weighted by Gasteiger charge is 2.19. The van der Waals surface area contributed by atoms with Crippen molar-refractivity contribution in [2.24, 2.45) is 0 Å². The minimum Gasteiger partial charge on any atom is -0.497 e. The zero-order chi connectivity index (χ0) is 24.9. The second-order valence-electron chi connectivity index (χ2n) is 8.45. The lowest BCUT2D eigenvalue weighted by molar-refractivity contribution is 0.104. The second-order valence-corrected chi connectivity index (χ2v) is 8.45. The summed E-state index contributed by atoms with van der Waals surface area (Å²) in [7, 11) is 3.34. The second kappa shape index (κ2) is 10.3. The summed E-state index contributed by atoms with van der Waals surface area (Å²) in [6.07, 6.45) is 5.81. The van der Waals surface area contributed by atoms with Gasteiger partial charge in [-0.3, -0.25) is 4.79 Å². The van der Waals surface area contributed by atoms with Crippen LogP contribution in [0, 0.1) is 0 Å². The SMILES string of the molecule is COc1ccc(C(=C/C(=C2\C=CC(=O)c3ccccc32)c2ccccc2)c2ccc(OC)cc2)cc1. The van der Waals surface area contributed by atoms with Crippen molar-refractivity contribution in [3.63, 3.8) is 0 Å². The number of ether oxygens (including phenoxy) is 2. The Balaban J connectivity index is 1.79. The van der Waals surface area contributed by atoms with E-state index in [-0.39, 0.29) is 5.78 Å². The Hall–Kier alpha value is -4.63. The maximum Gasteiger partial charge on any atom is 0.186 e. The molecule has 1 aliphatic carbocycles. The van der Waals surface area contributed by atoms with Crippen molar-refractivity contribution in [1.82, 2.24) is 0 Å². The zero-order valence-corrected chi connectivity index (χ0v) is 20.3. The molecule has 0 spiro atoms. The van der Waals surface area contributed by atoms with Gasteiger partial charge in [-0.05, 0) is 81.5 Å². The van der Waals surface area contributed by atoms with E-state index in [0.717, 1.165) is 50.5 Å². The lowest BCUT2D eigenvalue weighted by Crippen LogP contribution is -2.06. The topological polar surface area (TPSA) is 35.5 Å². The van der Waals surface area contributed by atoms with E-state index in [1.165, 1.54) is 0 Å². The lowest BCUT2D eigenvalue weighted by Gasteiger charge is -2.19. The molecular weight excluding hydrogens is 444 g/mol. The number of hydrogen-bond acceptors (Lipinski definition) is 3. The molecule has 0 saturated carbocycles. The van der Waals surface area contributed by atoms with Gasteiger partial charge in [0, 0.05) is 5.56 Å². The number of benzene rings is 4. The molecule has 0 heterocycles. The van der Waals surface area contributed by atoms with E-state index in [9.17, 15) is 4.79 Å². The standard InChI is InChI=1S/C33H26O3/c1-35-26-16-12-24(13-17-26)31(25-14-18-27(36-2)19-15-25)22-32(23-8-4-3-5-9-23)29-20-21-33(34)30-11-7-6-10-28(29)30/h3-22H,1-2H3/b32-29-. The number of rotatable bonds is 6. The van der Waals surface area contributed by atoms with Crippen molar-refractivity contribution in [2.75, 3.05) is 14.2 Å². The maximum atomic E-state index is 12.6. The molecule has 36 heavy (non-hydrogen) atoms. The van der Waals surface area contributed by atoms with Gasteiger partial charge in [-0.1, -0.05) is 78.9 Å². The van der Waals surface area contributed by atoms with E-state index in [4.69, 9.17) is 9.47 Å². The molecule has 0 unspecified atom stereocenters. The minimum absolute atomic E-state index is 0.0243. The molecule has 1 aliphatic rings. The lowest BCUT2D eigenvalue weighted by atomic mass is 9.84. The van der Waals surface area contributed by atoms with Crippen LogP contribution in [0.2, 0.25) is 0 Å². The Bertz CT molecular complexity index is 1420. The highest BCUT2D eigenvalue weighted by molar-refractivity contribution is 6.17. The van der Waals surface area contributed by atoms with Gasteiger partial charge in [0.2, 0.25) is 0 Å². The fraction of sp³-hybridized carbons (Fsp3) is 0.0606. The Kier molecular flexibility index (Phi) is 6.63. The third-order valence-corrected chi connectivity index (χ3v) is 6.35. The van der Waals surface area contributed by atoms with Gasteiger partial charge in [0.05, 0.1) is 14.2 Å². The van der Waals surface area contributed by atoms with Gasteiger partial charge in [-0.2, -0.15) is 0 Å². The highest BCUT2D eigenvalue weighted by Crippen LogP contribution is 2.37. The van der Waals surface area contributed by atoms with E-state index in [1.54, 1.807) is 20.3 Å². The average Bonchev–Trinajstić information content (AvgIpc) is 2.95. The summed E-state index contributed by atoms with van der Waals surface area (Å²) < 4.78 is 10.8. The van der Waals surface area contributed by atoms with E-state index in [1.807, 2.05) is 72.8 Å². The number of methoxy groups -OCH3 is 2. The maximum absolute atomic E-state index is 12.6. The van der Waals surface area contributed by atoms with Crippen LogP contribution in [0.1, 0.15) is 32.6 Å². The molecular formula is C33H26O3. The molecule has 0 N–H and O–H groups in total. The van der Waals surface area contributed by atoms with Crippen molar-refractivity contribution >= 4 is 22.5 Å². The van der Waals surface area contributed by atoms with Gasteiger partial charge >= 0.3 is 0 Å². The van der Waals surface area contributed by atoms with Crippen LogP contribution in [0.3, 0.4) is 0 Å². The summed E-state index contributed by atoms with van der Waals surface area (Å²) in [6.45, 7) is 0. The third kappa shape index (κ3) is 4.64. The number of carbonyl (C=O) groups is 1. The smallest absolute Gasteiger partial charge is 0.186 e. The van der Waals surface area contributed by atoms with E-state index in [2.05, 4.69) is 42.5 Å². The van der Waals surface area contributed by atoms with E-state index in [0.29, 0.717) is 5.56 Å². The van der Waals surface area contributed by atoms with Crippen LogP contribution in [0.4, 0.5) is 0 Å². The first kappa shape index (κ1) is 23.1. The van der Waals surface area contributed by atoms with Crippen molar-refractivity contribution in [3.8, 4) is 11.5 Å². The van der Waals surface area contributed by atoms with Gasteiger partial charge < -0.3 is 9.47 Å². The van der Waals surface area contributed by atoms with Gasteiger partial charge in [0.1, 0.15) is 11.5 Å². The van der Waals surface area contributed by atoms with Crippen LogP contribution < -0.4 is 9.47 Å². The molecule has 0 aromatic heterocycles. The molecule has 3 nitrogen and oxygen atoms in total.